The quantitative estimate of drug-likeness (QED) is 0.570. The smallest absolute Gasteiger partial charge is 0.250 e. The lowest BCUT2D eigenvalue weighted by Crippen LogP contribution is -2.54. The summed E-state index contributed by atoms with van der Waals surface area (Å²) in [4.78, 5) is 56.5. The minimum Gasteiger partial charge on any atom is -0.324 e. The first kappa shape index (κ1) is 20.3. The molecule has 4 aliphatic rings. The molecule has 0 aliphatic carbocycles. The Morgan fingerprint density at radius 3 is 2.48 bits per heavy atom. The number of ketones is 1. The van der Waals surface area contributed by atoms with Crippen LogP contribution >= 0.6 is 0 Å². The maximum atomic E-state index is 14.0. The van der Waals surface area contributed by atoms with Gasteiger partial charge in [-0.15, -0.1) is 0 Å². The minimum atomic E-state index is -1.17. The van der Waals surface area contributed by atoms with Gasteiger partial charge in [0.2, 0.25) is 17.7 Å². The number of carbonyl (C=O) groups excluding carboxylic acids is 4. The Bertz CT molecular complexity index is 1270. The van der Waals surface area contributed by atoms with Gasteiger partial charge in [-0.3, -0.25) is 24.1 Å². The number of benzene rings is 2. The molecule has 6 rings (SSSR count). The zero-order valence-corrected chi connectivity index (χ0v) is 18.8. The number of carbonyl (C=O) groups is 4. The number of nitrogens with one attached hydrogen (secondary N) is 1. The van der Waals surface area contributed by atoms with Crippen LogP contribution in [0.2, 0.25) is 0 Å². The molecule has 4 aliphatic heterocycles. The van der Waals surface area contributed by atoms with E-state index in [1.807, 2.05) is 26.0 Å². The number of Topliss-reactive ketones (excluding diaryl/α,β-unsaturated/α-hetero) is 1. The molecule has 0 radical (unpaired) electrons. The van der Waals surface area contributed by atoms with Gasteiger partial charge in [-0.05, 0) is 70.0 Å². The van der Waals surface area contributed by atoms with Gasteiger partial charge in [0.25, 0.3) is 0 Å². The molecule has 4 atom stereocenters. The molecule has 0 saturated carbocycles. The molecule has 3 saturated heterocycles. The van der Waals surface area contributed by atoms with Crippen LogP contribution in [0.25, 0.3) is 0 Å². The summed E-state index contributed by atoms with van der Waals surface area (Å²) in [5.41, 5.74) is 3.37. The van der Waals surface area contributed by atoms with E-state index >= 15 is 0 Å². The number of amides is 3. The van der Waals surface area contributed by atoms with Crippen molar-refractivity contribution >= 4 is 34.9 Å². The summed E-state index contributed by atoms with van der Waals surface area (Å²) in [5, 5.41) is 3.06. The largest absolute Gasteiger partial charge is 0.324 e. The number of rotatable bonds is 2. The standard InChI is InChI=1S/C26H25N3O4/c1-13-11-14(2)22-18(12-13)26(25(33)27-22)21-20(19-5-4-10-28(19)26)23(31)29(24(21)32)17-8-6-16(7-9-17)15(3)30/h6-9,11-12,19-21H,4-5,10H2,1-3H3,(H,27,33)/t19-,20-,21-,26+/m1/s1. The predicted molar refractivity (Wildman–Crippen MR) is 122 cm³/mol. The number of imide groups is 1. The van der Waals surface area contributed by atoms with Gasteiger partial charge in [0.05, 0.1) is 17.5 Å². The van der Waals surface area contributed by atoms with Crippen LogP contribution in [0.3, 0.4) is 0 Å². The molecule has 1 N–H and O–H groups in total. The molecule has 0 unspecified atom stereocenters. The number of anilines is 2. The normalized spacial score (nSPS) is 30.1. The lowest BCUT2D eigenvalue weighted by atomic mass is 9.75. The Labute approximate surface area is 191 Å². The third-order valence-electron chi connectivity index (χ3n) is 7.98. The second-order valence-electron chi connectivity index (χ2n) is 9.75. The van der Waals surface area contributed by atoms with E-state index in [1.165, 1.54) is 11.8 Å². The van der Waals surface area contributed by atoms with Gasteiger partial charge < -0.3 is 5.32 Å². The molecule has 3 fully saturated rings. The molecule has 3 amide bonds. The van der Waals surface area contributed by atoms with Crippen LogP contribution in [-0.4, -0.2) is 41.0 Å². The molecule has 7 heteroatoms. The topological polar surface area (TPSA) is 86.8 Å². The second kappa shape index (κ2) is 6.60. The third kappa shape index (κ3) is 2.38. The lowest BCUT2D eigenvalue weighted by Gasteiger charge is -2.36. The molecule has 33 heavy (non-hydrogen) atoms. The Morgan fingerprint density at radius 2 is 1.79 bits per heavy atom. The molecule has 4 heterocycles. The predicted octanol–water partition coefficient (Wildman–Crippen LogP) is 2.94. The zero-order valence-electron chi connectivity index (χ0n) is 18.8. The van der Waals surface area contributed by atoms with Crippen molar-refractivity contribution in [3.8, 4) is 0 Å². The van der Waals surface area contributed by atoms with Gasteiger partial charge in [-0.25, -0.2) is 4.90 Å². The van der Waals surface area contributed by atoms with Crippen molar-refractivity contribution in [3.63, 3.8) is 0 Å². The molecule has 7 nitrogen and oxygen atoms in total. The number of hydrogen-bond donors (Lipinski definition) is 1. The van der Waals surface area contributed by atoms with Crippen molar-refractivity contribution in [2.45, 2.75) is 45.2 Å². The summed E-state index contributed by atoms with van der Waals surface area (Å²) < 4.78 is 0. The fraction of sp³-hybridized carbons (Fsp3) is 0.385. The first-order chi connectivity index (χ1) is 15.8. The highest BCUT2D eigenvalue weighted by atomic mass is 16.2. The SMILES string of the molecule is CC(=O)c1ccc(N2C(=O)[C@@H]3[C@H]4CCCN4[C@]4(C(=O)Nc5c(C)cc(C)cc54)[C@H]3C2=O)cc1. The molecule has 1 spiro atoms. The number of hydrogen-bond acceptors (Lipinski definition) is 5. The maximum absolute atomic E-state index is 14.0. The van der Waals surface area contributed by atoms with Gasteiger partial charge in [0.15, 0.2) is 5.78 Å². The lowest BCUT2D eigenvalue weighted by molar-refractivity contribution is -0.135. The highest BCUT2D eigenvalue weighted by Crippen LogP contribution is 2.61. The van der Waals surface area contributed by atoms with E-state index in [0.29, 0.717) is 17.8 Å². The summed E-state index contributed by atoms with van der Waals surface area (Å²) in [7, 11) is 0. The highest BCUT2D eigenvalue weighted by molar-refractivity contribution is 6.26. The van der Waals surface area contributed by atoms with E-state index in [-0.39, 0.29) is 29.5 Å². The fourth-order valence-electron chi connectivity index (χ4n) is 6.76. The van der Waals surface area contributed by atoms with Crippen LogP contribution in [0.15, 0.2) is 36.4 Å². The highest BCUT2D eigenvalue weighted by Gasteiger charge is 2.74. The van der Waals surface area contributed by atoms with Gasteiger partial charge in [-0.2, -0.15) is 0 Å². The average molecular weight is 444 g/mol. The molecular weight excluding hydrogens is 418 g/mol. The number of aryl methyl sites for hydroxylation is 2. The van der Waals surface area contributed by atoms with Gasteiger partial charge in [0, 0.05) is 22.9 Å². The van der Waals surface area contributed by atoms with Crippen LogP contribution in [0.5, 0.6) is 0 Å². The third-order valence-corrected chi connectivity index (χ3v) is 7.98. The van der Waals surface area contributed by atoms with E-state index in [4.69, 9.17) is 0 Å². The van der Waals surface area contributed by atoms with Gasteiger partial charge in [0.1, 0.15) is 5.54 Å². The van der Waals surface area contributed by atoms with E-state index in [2.05, 4.69) is 10.2 Å². The summed E-state index contributed by atoms with van der Waals surface area (Å²) in [6.45, 7) is 6.11. The van der Waals surface area contributed by atoms with E-state index in [0.717, 1.165) is 35.2 Å². The second-order valence-corrected chi connectivity index (χ2v) is 9.75. The van der Waals surface area contributed by atoms with Crippen molar-refractivity contribution in [2.24, 2.45) is 11.8 Å². The summed E-state index contributed by atoms with van der Waals surface area (Å²) >= 11 is 0. The zero-order chi connectivity index (χ0) is 23.2. The van der Waals surface area contributed by atoms with Crippen LogP contribution in [0.1, 0.15) is 46.8 Å². The first-order valence-corrected chi connectivity index (χ1v) is 11.5. The Hall–Kier alpha value is -3.32. The van der Waals surface area contributed by atoms with Crippen LogP contribution < -0.4 is 10.2 Å². The minimum absolute atomic E-state index is 0.0805. The Kier molecular flexibility index (Phi) is 4.06. The fourth-order valence-corrected chi connectivity index (χ4v) is 6.76. The van der Waals surface area contributed by atoms with Crippen LogP contribution in [-0.2, 0) is 19.9 Å². The molecule has 2 aromatic carbocycles. The number of nitrogens with zero attached hydrogens (tertiary/aromatic N) is 2. The van der Waals surface area contributed by atoms with Crippen molar-refractivity contribution in [2.75, 3.05) is 16.8 Å². The molecule has 2 aromatic rings. The van der Waals surface area contributed by atoms with Gasteiger partial charge >= 0.3 is 0 Å². The Morgan fingerprint density at radius 1 is 1.06 bits per heavy atom. The van der Waals surface area contributed by atoms with Crippen molar-refractivity contribution in [1.82, 2.24) is 4.90 Å². The molecular formula is C26H25N3O4. The monoisotopic (exact) mass is 443 g/mol. The van der Waals surface area contributed by atoms with Crippen molar-refractivity contribution in [3.05, 3.63) is 58.7 Å². The Balaban J connectivity index is 1.53. The average Bonchev–Trinajstić information content (AvgIpc) is 3.47. The molecule has 0 bridgehead atoms. The van der Waals surface area contributed by atoms with Crippen molar-refractivity contribution in [1.29, 1.82) is 0 Å². The van der Waals surface area contributed by atoms with E-state index in [9.17, 15) is 19.2 Å². The van der Waals surface area contributed by atoms with Crippen LogP contribution in [0, 0.1) is 25.7 Å². The first-order valence-electron chi connectivity index (χ1n) is 11.5. The van der Waals surface area contributed by atoms with E-state index < -0.39 is 17.4 Å². The van der Waals surface area contributed by atoms with Gasteiger partial charge in [-0.1, -0.05) is 17.7 Å². The summed E-state index contributed by atoms with van der Waals surface area (Å²) in [6, 6.07) is 10.4. The summed E-state index contributed by atoms with van der Waals surface area (Å²) in [6.07, 6.45) is 1.67. The number of fused-ring (bicyclic) bond motifs is 7. The van der Waals surface area contributed by atoms with E-state index in [1.54, 1.807) is 24.3 Å². The molecule has 0 aromatic heterocycles. The van der Waals surface area contributed by atoms with Crippen molar-refractivity contribution < 1.29 is 19.2 Å². The molecule has 168 valence electrons. The maximum Gasteiger partial charge on any atom is 0.250 e. The summed E-state index contributed by atoms with van der Waals surface area (Å²) in [5.74, 6) is -2.21. The van der Waals surface area contributed by atoms with Crippen LogP contribution in [0.4, 0.5) is 11.4 Å².